The van der Waals surface area contributed by atoms with Gasteiger partial charge < -0.3 is 16.0 Å². The molecule has 0 spiro atoms. The number of carbonyl (C=O) groups is 2. The molecule has 0 bridgehead atoms. The topological polar surface area (TPSA) is 70.2 Å². The minimum atomic E-state index is -0.178. The van der Waals surface area contributed by atoms with E-state index in [4.69, 9.17) is 11.6 Å². The van der Waals surface area contributed by atoms with Crippen molar-refractivity contribution in [2.45, 2.75) is 31.7 Å². The fourth-order valence-corrected chi connectivity index (χ4v) is 2.79. The highest BCUT2D eigenvalue weighted by Gasteiger charge is 2.25. The molecule has 126 valence electrons. The molecule has 1 heterocycles. The number of anilines is 1. The third-order valence-corrected chi connectivity index (χ3v) is 4.39. The second kappa shape index (κ2) is 7.99. The van der Waals surface area contributed by atoms with Gasteiger partial charge >= 0.3 is 0 Å². The van der Waals surface area contributed by atoms with E-state index in [1.807, 2.05) is 0 Å². The Morgan fingerprint density at radius 2 is 2.00 bits per heavy atom. The summed E-state index contributed by atoms with van der Waals surface area (Å²) in [7, 11) is 0. The quantitative estimate of drug-likeness (QED) is 0.775. The van der Waals surface area contributed by atoms with Gasteiger partial charge in [0, 0.05) is 18.3 Å². The van der Waals surface area contributed by atoms with Crippen LogP contribution in [-0.2, 0) is 4.79 Å². The molecule has 2 aliphatic rings. The Kier molecular flexibility index (Phi) is 6.27. The van der Waals surface area contributed by atoms with Gasteiger partial charge in [-0.25, -0.2) is 0 Å². The van der Waals surface area contributed by atoms with Crippen LogP contribution in [0, 0.1) is 5.92 Å². The number of hydrogen-bond donors (Lipinski definition) is 3. The highest BCUT2D eigenvalue weighted by atomic mass is 35.5. The van der Waals surface area contributed by atoms with Gasteiger partial charge in [-0.2, -0.15) is 0 Å². The second-order valence-electron chi connectivity index (χ2n) is 5.97. The van der Waals surface area contributed by atoms with E-state index in [2.05, 4.69) is 16.0 Å². The van der Waals surface area contributed by atoms with Crippen molar-refractivity contribution in [2.24, 2.45) is 5.92 Å². The first-order valence-electron chi connectivity index (χ1n) is 7.75. The third kappa shape index (κ3) is 4.83. The summed E-state index contributed by atoms with van der Waals surface area (Å²) in [6, 6.07) is 5.30. The maximum Gasteiger partial charge on any atom is 0.253 e. The molecule has 1 aromatic carbocycles. The second-order valence-corrected chi connectivity index (χ2v) is 6.38. The first kappa shape index (κ1) is 18.0. The lowest BCUT2D eigenvalue weighted by Gasteiger charge is -2.22. The molecule has 1 unspecified atom stereocenters. The maximum absolute atomic E-state index is 12.2. The maximum atomic E-state index is 12.2. The minimum absolute atomic E-state index is 0. The van der Waals surface area contributed by atoms with Gasteiger partial charge in [0.1, 0.15) is 0 Å². The van der Waals surface area contributed by atoms with Crippen LogP contribution in [0.25, 0.3) is 0 Å². The molecule has 1 saturated carbocycles. The van der Waals surface area contributed by atoms with Crippen LogP contribution >= 0.6 is 24.0 Å². The highest BCUT2D eigenvalue weighted by Crippen LogP contribution is 2.24. The molecule has 0 aromatic heterocycles. The summed E-state index contributed by atoms with van der Waals surface area (Å²) in [5.74, 6) is -0.209. The third-order valence-electron chi connectivity index (χ3n) is 4.06. The number of halogens is 2. The minimum Gasteiger partial charge on any atom is -0.349 e. The number of benzene rings is 1. The van der Waals surface area contributed by atoms with Gasteiger partial charge in [0.05, 0.1) is 16.5 Å². The SMILES string of the molecule is Cl.O=C(NC1CC1)c1cc(NC(=O)C2CCCNC2)ccc1Cl. The largest absolute Gasteiger partial charge is 0.349 e. The Balaban J connectivity index is 0.00000192. The Bertz CT molecular complexity index is 585. The Labute approximate surface area is 146 Å². The molecular weight excluding hydrogens is 337 g/mol. The lowest BCUT2D eigenvalue weighted by molar-refractivity contribution is -0.120. The van der Waals surface area contributed by atoms with Crippen molar-refractivity contribution in [3.8, 4) is 0 Å². The van der Waals surface area contributed by atoms with Crippen molar-refractivity contribution in [3.05, 3.63) is 28.8 Å². The Hall–Kier alpha value is -1.30. The summed E-state index contributed by atoms with van der Waals surface area (Å²) >= 11 is 6.10. The van der Waals surface area contributed by atoms with Crippen molar-refractivity contribution in [3.63, 3.8) is 0 Å². The first-order valence-corrected chi connectivity index (χ1v) is 8.13. The van der Waals surface area contributed by atoms with Crippen molar-refractivity contribution < 1.29 is 9.59 Å². The lowest BCUT2D eigenvalue weighted by Crippen LogP contribution is -2.37. The summed E-state index contributed by atoms with van der Waals surface area (Å²) < 4.78 is 0. The molecule has 1 saturated heterocycles. The van der Waals surface area contributed by atoms with E-state index in [0.717, 1.165) is 32.2 Å². The summed E-state index contributed by atoms with van der Waals surface area (Å²) in [6.45, 7) is 1.67. The van der Waals surface area contributed by atoms with Crippen molar-refractivity contribution in [1.82, 2.24) is 10.6 Å². The van der Waals surface area contributed by atoms with Crippen LogP contribution in [0.2, 0.25) is 5.02 Å². The van der Waals surface area contributed by atoms with Gasteiger partial charge in [0.25, 0.3) is 5.91 Å². The molecule has 7 heteroatoms. The average Bonchev–Trinajstić information content (AvgIpc) is 3.34. The molecule has 2 amide bonds. The van der Waals surface area contributed by atoms with Crippen molar-refractivity contribution in [2.75, 3.05) is 18.4 Å². The Morgan fingerprint density at radius 3 is 2.65 bits per heavy atom. The number of nitrogens with one attached hydrogen (secondary N) is 3. The van der Waals surface area contributed by atoms with Crippen molar-refractivity contribution in [1.29, 1.82) is 0 Å². The predicted octanol–water partition coefficient (Wildman–Crippen LogP) is 2.59. The van der Waals surface area contributed by atoms with Gasteiger partial charge in [-0.05, 0) is 50.4 Å². The normalized spacial score (nSPS) is 20.3. The van der Waals surface area contributed by atoms with Crippen LogP contribution in [0.1, 0.15) is 36.0 Å². The van der Waals surface area contributed by atoms with Crippen LogP contribution in [0.5, 0.6) is 0 Å². The molecule has 3 N–H and O–H groups in total. The number of rotatable bonds is 4. The van der Waals surface area contributed by atoms with E-state index in [9.17, 15) is 9.59 Å². The molecule has 0 radical (unpaired) electrons. The molecule has 2 fully saturated rings. The average molecular weight is 358 g/mol. The van der Waals surface area contributed by atoms with Crippen molar-refractivity contribution >= 4 is 41.5 Å². The zero-order chi connectivity index (χ0) is 15.5. The standard InChI is InChI=1S/C16H20ClN3O2.ClH/c17-14-6-5-12(8-13(14)16(22)19-11-3-4-11)20-15(21)10-2-1-7-18-9-10;/h5-6,8,10-11,18H,1-4,7,9H2,(H,19,22)(H,20,21);1H. The van der Waals surface area contributed by atoms with Gasteiger partial charge in [0.2, 0.25) is 5.91 Å². The summed E-state index contributed by atoms with van der Waals surface area (Å²) in [5, 5.41) is 9.42. The zero-order valence-electron chi connectivity index (χ0n) is 12.7. The number of amides is 2. The van der Waals surface area contributed by atoms with Crippen LogP contribution in [-0.4, -0.2) is 30.9 Å². The van der Waals surface area contributed by atoms with E-state index < -0.39 is 0 Å². The summed E-state index contributed by atoms with van der Waals surface area (Å²) in [6.07, 6.45) is 3.94. The molecule has 5 nitrogen and oxygen atoms in total. The number of piperidine rings is 1. The predicted molar refractivity (Wildman–Crippen MR) is 93.4 cm³/mol. The van der Waals surface area contributed by atoms with E-state index in [0.29, 0.717) is 22.8 Å². The molecule has 1 aliphatic carbocycles. The molecular formula is C16H21Cl2N3O2. The fourth-order valence-electron chi connectivity index (χ4n) is 2.59. The first-order chi connectivity index (χ1) is 10.6. The molecule has 23 heavy (non-hydrogen) atoms. The van der Waals surface area contributed by atoms with Crippen LogP contribution in [0.4, 0.5) is 5.69 Å². The van der Waals surface area contributed by atoms with Crippen LogP contribution in [0.3, 0.4) is 0 Å². The van der Waals surface area contributed by atoms with E-state index in [1.165, 1.54) is 0 Å². The lowest BCUT2D eigenvalue weighted by atomic mass is 9.98. The van der Waals surface area contributed by atoms with Gasteiger partial charge in [-0.15, -0.1) is 12.4 Å². The van der Waals surface area contributed by atoms with E-state index >= 15 is 0 Å². The smallest absolute Gasteiger partial charge is 0.253 e. The van der Waals surface area contributed by atoms with E-state index in [1.54, 1.807) is 18.2 Å². The van der Waals surface area contributed by atoms with Crippen LogP contribution in [0.15, 0.2) is 18.2 Å². The monoisotopic (exact) mass is 357 g/mol. The van der Waals surface area contributed by atoms with Gasteiger partial charge in [0.15, 0.2) is 0 Å². The van der Waals surface area contributed by atoms with Crippen LogP contribution < -0.4 is 16.0 Å². The molecule has 3 rings (SSSR count). The molecule has 1 aliphatic heterocycles. The molecule has 1 atom stereocenters. The summed E-state index contributed by atoms with van der Waals surface area (Å²) in [5.41, 5.74) is 1.02. The highest BCUT2D eigenvalue weighted by molar-refractivity contribution is 6.34. The fraction of sp³-hybridized carbons (Fsp3) is 0.500. The van der Waals surface area contributed by atoms with Gasteiger partial charge in [-0.1, -0.05) is 11.6 Å². The van der Waals surface area contributed by atoms with Gasteiger partial charge in [-0.3, -0.25) is 9.59 Å². The number of carbonyl (C=O) groups excluding carboxylic acids is 2. The van der Waals surface area contributed by atoms with E-state index in [-0.39, 0.29) is 36.2 Å². The summed E-state index contributed by atoms with van der Waals surface area (Å²) in [4.78, 5) is 24.4. The number of hydrogen-bond acceptors (Lipinski definition) is 3. The zero-order valence-corrected chi connectivity index (χ0v) is 14.3. The Morgan fingerprint density at radius 1 is 1.22 bits per heavy atom. The molecule has 1 aromatic rings.